The van der Waals surface area contributed by atoms with Crippen LogP contribution in [-0.2, 0) is 16.0 Å². The minimum Gasteiger partial charge on any atom is -0.497 e. The number of hydrogen-bond acceptors (Lipinski definition) is 4. The van der Waals surface area contributed by atoms with Crippen LogP contribution >= 0.6 is 0 Å². The number of carboxylic acids is 1. The second-order valence-electron chi connectivity index (χ2n) is 6.66. The minimum absolute atomic E-state index is 0.0306. The highest BCUT2D eigenvalue weighted by molar-refractivity contribution is 5.98. The number of benzene rings is 2. The van der Waals surface area contributed by atoms with Crippen molar-refractivity contribution in [3.63, 3.8) is 0 Å². The second kappa shape index (κ2) is 8.12. The number of nitrogens with one attached hydrogen (secondary N) is 1. The van der Waals surface area contributed by atoms with Gasteiger partial charge in [-0.25, -0.2) is 0 Å². The third-order valence-corrected chi connectivity index (χ3v) is 4.82. The van der Waals surface area contributed by atoms with Gasteiger partial charge in [0.25, 0.3) is 5.91 Å². The first-order chi connectivity index (χ1) is 13.4. The number of carbonyl (C=O) groups excluding carboxylic acids is 2. The first kappa shape index (κ1) is 19.4. The normalized spacial score (nSPS) is 13.6. The summed E-state index contributed by atoms with van der Waals surface area (Å²) >= 11 is 0. The van der Waals surface area contributed by atoms with E-state index in [1.807, 2.05) is 0 Å². The van der Waals surface area contributed by atoms with Crippen LogP contribution < -0.4 is 15.0 Å². The molecule has 0 fully saturated rings. The number of aliphatic carboxylic acids is 1. The largest absolute Gasteiger partial charge is 0.497 e. The summed E-state index contributed by atoms with van der Waals surface area (Å²) in [6.45, 7) is 2.12. The Kier molecular flexibility index (Phi) is 5.63. The molecule has 1 atom stereocenters. The van der Waals surface area contributed by atoms with E-state index in [4.69, 9.17) is 4.74 Å². The SMILES string of the molecule is COc1ccc([C@@H](CC(=O)O)NC(=O)c2ccc3c(c2)CCN3C(C)=O)cc1. The van der Waals surface area contributed by atoms with E-state index in [1.165, 1.54) is 6.92 Å². The Morgan fingerprint density at radius 3 is 2.50 bits per heavy atom. The summed E-state index contributed by atoms with van der Waals surface area (Å²) in [5, 5.41) is 12.0. The molecule has 0 unspecified atom stereocenters. The fraction of sp³-hybridized carbons (Fsp3) is 0.286. The van der Waals surface area contributed by atoms with E-state index in [9.17, 15) is 19.5 Å². The first-order valence-electron chi connectivity index (χ1n) is 8.96. The zero-order valence-corrected chi connectivity index (χ0v) is 15.8. The molecule has 0 aromatic heterocycles. The van der Waals surface area contributed by atoms with E-state index in [1.54, 1.807) is 54.5 Å². The van der Waals surface area contributed by atoms with Crippen molar-refractivity contribution in [2.75, 3.05) is 18.6 Å². The van der Waals surface area contributed by atoms with E-state index < -0.39 is 12.0 Å². The average Bonchev–Trinajstić information content (AvgIpc) is 3.10. The molecule has 0 saturated heterocycles. The Labute approximate surface area is 162 Å². The van der Waals surface area contributed by atoms with Gasteiger partial charge in [-0.1, -0.05) is 12.1 Å². The monoisotopic (exact) mass is 382 g/mol. The molecule has 28 heavy (non-hydrogen) atoms. The Balaban J connectivity index is 1.80. The van der Waals surface area contributed by atoms with Crippen LogP contribution in [0.2, 0.25) is 0 Å². The smallest absolute Gasteiger partial charge is 0.305 e. The summed E-state index contributed by atoms with van der Waals surface area (Å²) in [7, 11) is 1.55. The Morgan fingerprint density at radius 1 is 1.18 bits per heavy atom. The summed E-state index contributed by atoms with van der Waals surface area (Å²) in [4.78, 5) is 37.3. The van der Waals surface area contributed by atoms with Crippen LogP contribution in [0, 0.1) is 0 Å². The lowest BCUT2D eigenvalue weighted by Crippen LogP contribution is -2.30. The van der Waals surface area contributed by atoms with Crippen molar-refractivity contribution in [3.8, 4) is 5.75 Å². The fourth-order valence-electron chi connectivity index (χ4n) is 3.37. The Hall–Kier alpha value is -3.35. The summed E-state index contributed by atoms with van der Waals surface area (Å²) in [5.74, 6) is -0.743. The number of fused-ring (bicyclic) bond motifs is 1. The Bertz CT molecular complexity index is 908. The van der Waals surface area contributed by atoms with Crippen molar-refractivity contribution in [2.24, 2.45) is 0 Å². The number of methoxy groups -OCH3 is 1. The molecule has 0 saturated carbocycles. The van der Waals surface area contributed by atoms with Crippen LogP contribution in [0.5, 0.6) is 5.75 Å². The quantitative estimate of drug-likeness (QED) is 0.800. The van der Waals surface area contributed by atoms with Crippen LogP contribution in [0.1, 0.15) is 40.9 Å². The average molecular weight is 382 g/mol. The van der Waals surface area contributed by atoms with Gasteiger partial charge in [-0.15, -0.1) is 0 Å². The van der Waals surface area contributed by atoms with Gasteiger partial charge in [-0.2, -0.15) is 0 Å². The summed E-state index contributed by atoms with van der Waals surface area (Å²) in [6, 6.07) is 11.4. The van der Waals surface area contributed by atoms with Gasteiger partial charge in [0.05, 0.1) is 19.6 Å². The summed E-state index contributed by atoms with van der Waals surface area (Å²) in [6.07, 6.45) is 0.453. The highest BCUT2D eigenvalue weighted by Crippen LogP contribution is 2.29. The van der Waals surface area contributed by atoms with Crippen molar-refractivity contribution in [3.05, 3.63) is 59.2 Å². The molecule has 1 heterocycles. The molecule has 0 bridgehead atoms. The van der Waals surface area contributed by atoms with Gasteiger partial charge in [0, 0.05) is 24.7 Å². The number of hydrogen-bond donors (Lipinski definition) is 2. The third kappa shape index (κ3) is 4.14. The molecule has 0 spiro atoms. The van der Waals surface area contributed by atoms with E-state index in [-0.39, 0.29) is 18.2 Å². The van der Waals surface area contributed by atoms with E-state index >= 15 is 0 Å². The van der Waals surface area contributed by atoms with Gasteiger partial charge in [0.1, 0.15) is 5.75 Å². The number of nitrogens with zero attached hydrogens (tertiary/aromatic N) is 1. The van der Waals surface area contributed by atoms with E-state index in [2.05, 4.69) is 5.32 Å². The van der Waals surface area contributed by atoms with Crippen molar-refractivity contribution in [1.82, 2.24) is 5.32 Å². The topological polar surface area (TPSA) is 95.9 Å². The zero-order valence-electron chi connectivity index (χ0n) is 15.8. The molecule has 1 aliphatic heterocycles. The predicted octanol–water partition coefficient (Wildman–Crippen LogP) is 2.55. The molecule has 7 heteroatoms. The van der Waals surface area contributed by atoms with Crippen LogP contribution in [0.25, 0.3) is 0 Å². The first-order valence-corrected chi connectivity index (χ1v) is 8.96. The molecule has 2 N–H and O–H groups in total. The minimum atomic E-state index is -1.01. The van der Waals surface area contributed by atoms with E-state index in [0.717, 1.165) is 11.3 Å². The fourth-order valence-corrected chi connectivity index (χ4v) is 3.37. The lowest BCUT2D eigenvalue weighted by molar-refractivity contribution is -0.137. The van der Waals surface area contributed by atoms with Crippen LogP contribution in [0.15, 0.2) is 42.5 Å². The lowest BCUT2D eigenvalue weighted by Gasteiger charge is -2.19. The maximum atomic E-state index is 12.7. The number of carbonyl (C=O) groups is 3. The molecule has 146 valence electrons. The van der Waals surface area contributed by atoms with Crippen LogP contribution in [0.3, 0.4) is 0 Å². The molecule has 3 rings (SSSR count). The van der Waals surface area contributed by atoms with Crippen LogP contribution in [-0.4, -0.2) is 36.5 Å². The van der Waals surface area contributed by atoms with Crippen LogP contribution in [0.4, 0.5) is 5.69 Å². The number of ether oxygens (including phenoxy) is 1. The molecular weight excluding hydrogens is 360 g/mol. The standard InChI is InChI=1S/C21H22N2O5/c1-13(24)23-10-9-15-11-16(5-8-19(15)23)21(27)22-18(12-20(25)26)14-3-6-17(28-2)7-4-14/h3-8,11,18H,9-10,12H2,1-2H3,(H,22,27)(H,25,26)/t18-/m1/s1. The highest BCUT2D eigenvalue weighted by Gasteiger charge is 2.24. The maximum Gasteiger partial charge on any atom is 0.305 e. The number of anilines is 1. The number of rotatable bonds is 6. The van der Waals surface area contributed by atoms with Gasteiger partial charge in [0.15, 0.2) is 0 Å². The van der Waals surface area contributed by atoms with Gasteiger partial charge in [0.2, 0.25) is 5.91 Å². The van der Waals surface area contributed by atoms with Gasteiger partial charge < -0.3 is 20.1 Å². The highest BCUT2D eigenvalue weighted by atomic mass is 16.5. The van der Waals surface area contributed by atoms with Crippen molar-refractivity contribution >= 4 is 23.5 Å². The maximum absolute atomic E-state index is 12.7. The van der Waals surface area contributed by atoms with Gasteiger partial charge >= 0.3 is 5.97 Å². The molecule has 0 radical (unpaired) electrons. The lowest BCUT2D eigenvalue weighted by atomic mass is 10.0. The molecule has 7 nitrogen and oxygen atoms in total. The molecule has 2 aromatic rings. The van der Waals surface area contributed by atoms with E-state index in [0.29, 0.717) is 29.8 Å². The molecule has 2 amide bonds. The zero-order chi connectivity index (χ0) is 20.3. The summed E-state index contributed by atoms with van der Waals surface area (Å²) < 4.78 is 5.12. The molecule has 1 aliphatic rings. The molecule has 0 aliphatic carbocycles. The second-order valence-corrected chi connectivity index (χ2v) is 6.66. The number of carboxylic acid groups (broad SMARTS) is 1. The van der Waals surface area contributed by atoms with Gasteiger partial charge in [-0.3, -0.25) is 14.4 Å². The molecular formula is C21H22N2O5. The summed E-state index contributed by atoms with van der Waals surface area (Å²) in [5.41, 5.74) is 2.87. The third-order valence-electron chi connectivity index (χ3n) is 4.82. The van der Waals surface area contributed by atoms with Crippen molar-refractivity contribution in [2.45, 2.75) is 25.8 Å². The number of amides is 2. The Morgan fingerprint density at radius 2 is 1.89 bits per heavy atom. The van der Waals surface area contributed by atoms with Gasteiger partial charge in [-0.05, 0) is 47.9 Å². The predicted molar refractivity (Wildman–Crippen MR) is 104 cm³/mol. The van der Waals surface area contributed by atoms with Crippen molar-refractivity contribution in [1.29, 1.82) is 0 Å². The molecule has 2 aromatic carbocycles. The van der Waals surface area contributed by atoms with Crippen molar-refractivity contribution < 1.29 is 24.2 Å².